The van der Waals surface area contributed by atoms with Crippen LogP contribution in [0.25, 0.3) is 0 Å². The van der Waals surface area contributed by atoms with Gasteiger partial charge in [0, 0.05) is 6.04 Å². The van der Waals surface area contributed by atoms with Gasteiger partial charge in [-0.25, -0.2) is 9.67 Å². The van der Waals surface area contributed by atoms with Crippen molar-refractivity contribution in [1.82, 2.24) is 29.5 Å². The molecular formula is C9H12N6S. The average Bonchev–Trinajstić information content (AvgIpc) is 2.82. The van der Waals surface area contributed by atoms with Crippen LogP contribution in [-0.2, 0) is 0 Å². The lowest BCUT2D eigenvalue weighted by molar-refractivity contribution is 0.502. The summed E-state index contributed by atoms with van der Waals surface area (Å²) in [5.74, 6) is 0.929. The molecule has 1 aliphatic carbocycles. The van der Waals surface area contributed by atoms with Gasteiger partial charge < -0.3 is 0 Å². The van der Waals surface area contributed by atoms with E-state index in [0.29, 0.717) is 10.8 Å². The molecule has 0 amide bonds. The predicted molar refractivity (Wildman–Crippen MR) is 59.5 cm³/mol. The fourth-order valence-corrected chi connectivity index (χ4v) is 2.12. The molecule has 1 aliphatic rings. The van der Waals surface area contributed by atoms with E-state index in [-0.39, 0.29) is 6.04 Å². The number of nitrogens with zero attached hydrogens (tertiary/aromatic N) is 5. The van der Waals surface area contributed by atoms with Crippen LogP contribution in [-0.4, -0.2) is 29.5 Å². The largest absolute Gasteiger partial charge is 0.299 e. The zero-order valence-electron chi connectivity index (χ0n) is 8.87. The molecule has 16 heavy (non-hydrogen) atoms. The number of nitrogens with one attached hydrogen (secondary N) is 1. The topological polar surface area (TPSA) is 64.3 Å². The van der Waals surface area contributed by atoms with E-state index in [9.17, 15) is 0 Å². The Morgan fingerprint density at radius 3 is 3.00 bits per heavy atom. The number of hydrogen-bond donors (Lipinski definition) is 1. The summed E-state index contributed by atoms with van der Waals surface area (Å²) in [5.41, 5.74) is 0. The van der Waals surface area contributed by atoms with Gasteiger partial charge in [-0.2, -0.15) is 10.2 Å². The SMILES string of the molecule is CC(c1n[nH]c(=S)n1C1CC1)n1cncn1. The molecule has 0 bridgehead atoms. The number of aromatic nitrogens is 6. The molecule has 0 spiro atoms. The van der Waals surface area contributed by atoms with Gasteiger partial charge in [0.05, 0.1) is 0 Å². The van der Waals surface area contributed by atoms with E-state index in [1.165, 1.54) is 19.2 Å². The third kappa shape index (κ3) is 1.47. The standard InChI is InChI=1S/C9H12N6S/c1-6(14-5-10-4-11-14)8-12-13-9(16)15(8)7-2-3-7/h4-7H,2-3H2,1H3,(H,13,16). The van der Waals surface area contributed by atoms with Crippen molar-refractivity contribution in [2.24, 2.45) is 0 Å². The molecule has 1 atom stereocenters. The first-order valence-electron chi connectivity index (χ1n) is 5.28. The molecular weight excluding hydrogens is 224 g/mol. The van der Waals surface area contributed by atoms with Crippen molar-refractivity contribution in [3.8, 4) is 0 Å². The van der Waals surface area contributed by atoms with Crippen molar-refractivity contribution in [1.29, 1.82) is 0 Å². The molecule has 0 saturated heterocycles. The quantitative estimate of drug-likeness (QED) is 0.820. The summed E-state index contributed by atoms with van der Waals surface area (Å²) in [4.78, 5) is 3.94. The Bertz CT molecular complexity index is 535. The molecule has 1 fully saturated rings. The van der Waals surface area contributed by atoms with Crippen LogP contribution in [0.3, 0.4) is 0 Å². The Hall–Kier alpha value is -1.50. The lowest BCUT2D eigenvalue weighted by atomic mass is 10.3. The second-order valence-corrected chi connectivity index (χ2v) is 4.43. The highest BCUT2D eigenvalue weighted by molar-refractivity contribution is 7.71. The number of rotatable bonds is 3. The van der Waals surface area contributed by atoms with Gasteiger partial charge in [-0.05, 0) is 32.0 Å². The van der Waals surface area contributed by atoms with E-state index in [1.54, 1.807) is 11.0 Å². The van der Waals surface area contributed by atoms with Crippen LogP contribution in [0.2, 0.25) is 0 Å². The van der Waals surface area contributed by atoms with Crippen molar-refractivity contribution in [3.63, 3.8) is 0 Å². The summed E-state index contributed by atoms with van der Waals surface area (Å²) in [5, 5.41) is 11.3. The van der Waals surface area contributed by atoms with Gasteiger partial charge in [-0.3, -0.25) is 9.67 Å². The molecule has 3 rings (SSSR count). The fourth-order valence-electron chi connectivity index (χ4n) is 1.83. The van der Waals surface area contributed by atoms with Crippen LogP contribution < -0.4 is 0 Å². The highest BCUT2D eigenvalue weighted by atomic mass is 32.1. The van der Waals surface area contributed by atoms with Crippen LogP contribution in [0.1, 0.15) is 37.7 Å². The van der Waals surface area contributed by atoms with Crippen molar-refractivity contribution in [2.75, 3.05) is 0 Å². The van der Waals surface area contributed by atoms with Gasteiger partial charge in [-0.15, -0.1) is 0 Å². The average molecular weight is 236 g/mol. The first kappa shape index (κ1) is 9.71. The van der Waals surface area contributed by atoms with Crippen LogP contribution in [0.5, 0.6) is 0 Å². The Balaban J connectivity index is 2.03. The van der Waals surface area contributed by atoms with Gasteiger partial charge in [0.1, 0.15) is 18.7 Å². The highest BCUT2D eigenvalue weighted by Crippen LogP contribution is 2.37. The lowest BCUT2D eigenvalue weighted by Gasteiger charge is -2.12. The second kappa shape index (κ2) is 3.51. The molecule has 2 aromatic heterocycles. The third-order valence-corrected chi connectivity index (χ3v) is 3.14. The molecule has 7 heteroatoms. The lowest BCUT2D eigenvalue weighted by Crippen LogP contribution is -2.13. The normalized spacial score (nSPS) is 17.6. The van der Waals surface area contributed by atoms with Crippen molar-refractivity contribution in [3.05, 3.63) is 23.3 Å². The smallest absolute Gasteiger partial charge is 0.195 e. The summed E-state index contributed by atoms with van der Waals surface area (Å²) in [7, 11) is 0. The molecule has 1 N–H and O–H groups in total. The van der Waals surface area contributed by atoms with Gasteiger partial charge in [-0.1, -0.05) is 0 Å². The maximum Gasteiger partial charge on any atom is 0.195 e. The maximum atomic E-state index is 5.24. The summed E-state index contributed by atoms with van der Waals surface area (Å²) in [6, 6.07) is 0.572. The molecule has 0 radical (unpaired) electrons. The summed E-state index contributed by atoms with van der Waals surface area (Å²) in [6.07, 6.45) is 5.59. The van der Waals surface area contributed by atoms with Gasteiger partial charge in [0.25, 0.3) is 0 Å². The first-order valence-corrected chi connectivity index (χ1v) is 5.69. The molecule has 6 nitrogen and oxygen atoms in total. The highest BCUT2D eigenvalue weighted by Gasteiger charge is 2.29. The third-order valence-electron chi connectivity index (χ3n) is 2.85. The van der Waals surface area contributed by atoms with E-state index in [1.807, 2.05) is 6.92 Å². The van der Waals surface area contributed by atoms with Gasteiger partial charge in [0.15, 0.2) is 10.6 Å². The van der Waals surface area contributed by atoms with E-state index in [2.05, 4.69) is 24.8 Å². The minimum absolute atomic E-state index is 0.0519. The molecule has 2 heterocycles. The van der Waals surface area contributed by atoms with Gasteiger partial charge >= 0.3 is 0 Å². The predicted octanol–water partition coefficient (Wildman–Crippen LogP) is 1.48. The van der Waals surface area contributed by atoms with E-state index < -0.39 is 0 Å². The summed E-state index contributed by atoms with van der Waals surface area (Å²) < 4.78 is 4.58. The van der Waals surface area contributed by atoms with Crippen molar-refractivity contribution < 1.29 is 0 Å². The minimum Gasteiger partial charge on any atom is -0.299 e. The number of H-pyrrole nitrogens is 1. The van der Waals surface area contributed by atoms with Crippen LogP contribution in [0.15, 0.2) is 12.7 Å². The maximum absolute atomic E-state index is 5.24. The summed E-state index contributed by atoms with van der Waals surface area (Å²) in [6.45, 7) is 2.04. The minimum atomic E-state index is 0.0519. The molecule has 0 aliphatic heterocycles. The van der Waals surface area contributed by atoms with Crippen molar-refractivity contribution in [2.45, 2.75) is 31.8 Å². The van der Waals surface area contributed by atoms with Crippen LogP contribution >= 0.6 is 12.2 Å². The molecule has 2 aromatic rings. The Labute approximate surface area is 97.3 Å². The monoisotopic (exact) mass is 236 g/mol. The van der Waals surface area contributed by atoms with E-state index in [4.69, 9.17) is 12.2 Å². The zero-order chi connectivity index (χ0) is 11.1. The van der Waals surface area contributed by atoms with E-state index in [0.717, 1.165) is 5.82 Å². The summed E-state index contributed by atoms with van der Waals surface area (Å²) >= 11 is 5.24. The second-order valence-electron chi connectivity index (χ2n) is 4.04. The van der Waals surface area contributed by atoms with E-state index >= 15 is 0 Å². The Morgan fingerprint density at radius 2 is 2.38 bits per heavy atom. The van der Waals surface area contributed by atoms with Crippen LogP contribution in [0.4, 0.5) is 0 Å². The number of aromatic amines is 1. The molecule has 1 saturated carbocycles. The first-order chi connectivity index (χ1) is 7.77. The number of hydrogen-bond acceptors (Lipinski definition) is 4. The Kier molecular flexibility index (Phi) is 2.13. The van der Waals surface area contributed by atoms with Crippen LogP contribution in [0, 0.1) is 4.77 Å². The van der Waals surface area contributed by atoms with Gasteiger partial charge in [0.2, 0.25) is 0 Å². The fraction of sp³-hybridized carbons (Fsp3) is 0.556. The molecule has 0 aromatic carbocycles. The van der Waals surface area contributed by atoms with Crippen molar-refractivity contribution >= 4 is 12.2 Å². The molecule has 84 valence electrons. The Morgan fingerprint density at radius 1 is 1.56 bits per heavy atom. The zero-order valence-corrected chi connectivity index (χ0v) is 9.68. The molecule has 1 unspecified atom stereocenters.